The predicted molar refractivity (Wildman–Crippen MR) is 132 cm³/mol. The van der Waals surface area contributed by atoms with Crippen LogP contribution in [0.1, 0.15) is 5.56 Å². The van der Waals surface area contributed by atoms with Crippen LogP contribution >= 0.6 is 0 Å². The molecular formula is C26H29N3O4S. The number of ether oxygens (including phenoxy) is 1. The topological polar surface area (TPSA) is 79.0 Å². The van der Waals surface area contributed by atoms with E-state index in [4.69, 9.17) is 4.74 Å². The van der Waals surface area contributed by atoms with Gasteiger partial charge in [0.05, 0.1) is 12.0 Å². The minimum absolute atomic E-state index is 0.144. The molecule has 0 aliphatic carbocycles. The highest BCUT2D eigenvalue weighted by molar-refractivity contribution is 7.89. The van der Waals surface area contributed by atoms with E-state index in [-0.39, 0.29) is 17.2 Å². The van der Waals surface area contributed by atoms with E-state index in [0.717, 1.165) is 17.0 Å². The van der Waals surface area contributed by atoms with Crippen molar-refractivity contribution in [2.75, 3.05) is 38.2 Å². The normalized spacial score (nSPS) is 15.1. The van der Waals surface area contributed by atoms with Crippen molar-refractivity contribution in [1.82, 2.24) is 9.62 Å². The molecule has 7 nitrogen and oxygen atoms in total. The van der Waals surface area contributed by atoms with Crippen molar-refractivity contribution in [3.8, 4) is 5.75 Å². The number of sulfonamides is 1. The summed E-state index contributed by atoms with van der Waals surface area (Å²) in [7, 11) is -2.21. The molecule has 1 N–H and O–H groups in total. The van der Waals surface area contributed by atoms with Crippen molar-refractivity contribution in [2.24, 2.45) is 0 Å². The number of hydrogen-bond acceptors (Lipinski definition) is 5. The SMILES string of the molecule is COc1ccc(N2CCN(C(=O)[C@H](Cc3ccccc3)NS(=O)(=O)c3ccccc3)CC2)cc1. The van der Waals surface area contributed by atoms with Crippen LogP contribution in [-0.4, -0.2) is 58.6 Å². The third-order valence-corrected chi connectivity index (χ3v) is 7.45. The first-order valence-electron chi connectivity index (χ1n) is 11.3. The molecule has 0 aromatic heterocycles. The molecule has 4 rings (SSSR count). The lowest BCUT2D eigenvalue weighted by molar-refractivity contribution is -0.133. The standard InChI is InChI=1S/C26H29N3O4S/c1-33-23-14-12-22(13-15-23)28-16-18-29(19-17-28)26(30)25(20-21-8-4-2-5-9-21)27-34(31,32)24-10-6-3-7-11-24/h2-15,25,27H,16-20H2,1H3/t25-/m0/s1. The van der Waals surface area contributed by atoms with E-state index in [1.165, 1.54) is 12.1 Å². The summed E-state index contributed by atoms with van der Waals surface area (Å²) in [5, 5.41) is 0. The predicted octanol–water partition coefficient (Wildman–Crippen LogP) is 2.93. The maximum absolute atomic E-state index is 13.5. The quantitative estimate of drug-likeness (QED) is 0.538. The van der Waals surface area contributed by atoms with Gasteiger partial charge in [-0.25, -0.2) is 8.42 Å². The maximum Gasteiger partial charge on any atom is 0.241 e. The average molecular weight is 480 g/mol. The smallest absolute Gasteiger partial charge is 0.241 e. The number of benzene rings is 3. The van der Waals surface area contributed by atoms with E-state index in [9.17, 15) is 13.2 Å². The first-order valence-corrected chi connectivity index (χ1v) is 12.7. The number of hydrogen-bond donors (Lipinski definition) is 1. The minimum atomic E-state index is -3.84. The van der Waals surface area contributed by atoms with Crippen LogP contribution in [0.2, 0.25) is 0 Å². The second kappa shape index (κ2) is 10.7. The number of nitrogens with zero attached hydrogens (tertiary/aromatic N) is 2. The van der Waals surface area contributed by atoms with E-state index < -0.39 is 16.1 Å². The van der Waals surface area contributed by atoms with Gasteiger partial charge in [0, 0.05) is 31.9 Å². The largest absolute Gasteiger partial charge is 0.497 e. The first kappa shape index (κ1) is 23.8. The summed E-state index contributed by atoms with van der Waals surface area (Å²) >= 11 is 0. The molecule has 1 aliphatic rings. The number of piperazine rings is 1. The zero-order valence-corrected chi connectivity index (χ0v) is 19.9. The zero-order chi connectivity index (χ0) is 24.0. The van der Waals surface area contributed by atoms with Gasteiger partial charge in [0.15, 0.2) is 0 Å². The number of carbonyl (C=O) groups is 1. The van der Waals surface area contributed by atoms with Gasteiger partial charge in [0.2, 0.25) is 15.9 Å². The van der Waals surface area contributed by atoms with E-state index in [0.29, 0.717) is 26.2 Å². The van der Waals surface area contributed by atoms with Crippen molar-refractivity contribution in [2.45, 2.75) is 17.4 Å². The van der Waals surface area contributed by atoms with Gasteiger partial charge >= 0.3 is 0 Å². The molecule has 34 heavy (non-hydrogen) atoms. The molecule has 3 aromatic carbocycles. The number of carbonyl (C=O) groups excluding carboxylic acids is 1. The number of anilines is 1. The van der Waals surface area contributed by atoms with Crippen LogP contribution in [0.4, 0.5) is 5.69 Å². The van der Waals surface area contributed by atoms with Crippen LogP contribution in [-0.2, 0) is 21.2 Å². The lowest BCUT2D eigenvalue weighted by atomic mass is 10.1. The van der Waals surface area contributed by atoms with Gasteiger partial charge in [-0.05, 0) is 48.4 Å². The van der Waals surface area contributed by atoms with E-state index >= 15 is 0 Å². The molecule has 0 spiro atoms. The zero-order valence-electron chi connectivity index (χ0n) is 19.1. The molecular weight excluding hydrogens is 450 g/mol. The molecule has 1 aliphatic heterocycles. The number of amides is 1. The fraction of sp³-hybridized carbons (Fsp3) is 0.269. The van der Waals surface area contributed by atoms with E-state index in [1.54, 1.807) is 30.2 Å². The molecule has 1 saturated heterocycles. The number of nitrogens with one attached hydrogen (secondary N) is 1. The molecule has 0 saturated carbocycles. The van der Waals surface area contributed by atoms with Crippen LogP contribution in [0.3, 0.4) is 0 Å². The minimum Gasteiger partial charge on any atom is -0.497 e. The van der Waals surface area contributed by atoms with Gasteiger partial charge < -0.3 is 14.5 Å². The first-order chi connectivity index (χ1) is 16.5. The van der Waals surface area contributed by atoms with Crippen molar-refractivity contribution in [3.63, 3.8) is 0 Å². The van der Waals surface area contributed by atoms with Crippen LogP contribution in [0.25, 0.3) is 0 Å². The molecule has 1 atom stereocenters. The Morgan fingerprint density at radius 3 is 2.06 bits per heavy atom. The monoisotopic (exact) mass is 479 g/mol. The number of methoxy groups -OCH3 is 1. The second-order valence-electron chi connectivity index (χ2n) is 8.19. The average Bonchev–Trinajstić information content (AvgIpc) is 2.89. The van der Waals surface area contributed by atoms with Gasteiger partial charge in [-0.15, -0.1) is 0 Å². The van der Waals surface area contributed by atoms with Gasteiger partial charge in [-0.2, -0.15) is 4.72 Å². The van der Waals surface area contributed by atoms with Crippen LogP contribution in [0.15, 0.2) is 89.8 Å². The third-order valence-electron chi connectivity index (χ3n) is 5.96. The fourth-order valence-corrected chi connectivity index (χ4v) is 5.29. The van der Waals surface area contributed by atoms with Gasteiger partial charge in [0.1, 0.15) is 11.8 Å². The summed E-state index contributed by atoms with van der Waals surface area (Å²) in [6.07, 6.45) is 0.282. The summed E-state index contributed by atoms with van der Waals surface area (Å²) in [4.78, 5) is 17.6. The van der Waals surface area contributed by atoms with Crippen molar-refractivity contribution in [1.29, 1.82) is 0 Å². The fourth-order valence-electron chi connectivity index (χ4n) is 4.08. The van der Waals surface area contributed by atoms with Crippen molar-refractivity contribution >= 4 is 21.6 Å². The molecule has 1 fully saturated rings. The molecule has 3 aromatic rings. The molecule has 1 amide bonds. The van der Waals surface area contributed by atoms with E-state index in [1.807, 2.05) is 54.6 Å². The Morgan fingerprint density at radius 2 is 1.47 bits per heavy atom. The van der Waals surface area contributed by atoms with Gasteiger partial charge in [-0.1, -0.05) is 48.5 Å². The summed E-state index contributed by atoms with van der Waals surface area (Å²) in [5.74, 6) is 0.588. The molecule has 178 valence electrons. The molecule has 8 heteroatoms. The second-order valence-corrected chi connectivity index (χ2v) is 9.90. The van der Waals surface area contributed by atoms with Crippen molar-refractivity contribution in [3.05, 3.63) is 90.5 Å². The Labute approximate surface area is 201 Å². The lowest BCUT2D eigenvalue weighted by Gasteiger charge is -2.37. The van der Waals surface area contributed by atoms with Crippen LogP contribution < -0.4 is 14.4 Å². The van der Waals surface area contributed by atoms with Gasteiger partial charge in [0.25, 0.3) is 0 Å². The summed E-state index contributed by atoms with van der Waals surface area (Å²) in [6.45, 7) is 2.37. The molecule has 0 radical (unpaired) electrons. The van der Waals surface area contributed by atoms with E-state index in [2.05, 4.69) is 9.62 Å². The highest BCUT2D eigenvalue weighted by Gasteiger charge is 2.31. The molecule has 0 bridgehead atoms. The Morgan fingerprint density at radius 1 is 0.882 bits per heavy atom. The number of rotatable bonds is 8. The Hall–Kier alpha value is -3.36. The molecule has 1 heterocycles. The summed E-state index contributed by atoms with van der Waals surface area (Å²) < 4.78 is 33.9. The highest BCUT2D eigenvalue weighted by Crippen LogP contribution is 2.21. The van der Waals surface area contributed by atoms with Gasteiger partial charge in [-0.3, -0.25) is 4.79 Å². The maximum atomic E-state index is 13.5. The summed E-state index contributed by atoms with van der Waals surface area (Å²) in [6, 6.07) is 24.6. The van der Waals surface area contributed by atoms with Crippen molar-refractivity contribution < 1.29 is 17.9 Å². The lowest BCUT2D eigenvalue weighted by Crippen LogP contribution is -2.55. The van der Waals surface area contributed by atoms with Crippen LogP contribution in [0, 0.1) is 0 Å². The Kier molecular flexibility index (Phi) is 7.49. The highest BCUT2D eigenvalue weighted by atomic mass is 32.2. The third kappa shape index (κ3) is 5.76. The van der Waals surface area contributed by atoms with Crippen LogP contribution in [0.5, 0.6) is 5.75 Å². The Balaban J connectivity index is 1.48. The summed E-state index contributed by atoms with van der Waals surface area (Å²) in [5.41, 5.74) is 1.96. The molecule has 0 unspecified atom stereocenters. The Bertz CT molecular complexity index is 1180.